The number of Topliss-reactive ketones (excluding diaryl/α,β-unsaturated/α-hetero) is 1. The van der Waals surface area contributed by atoms with E-state index in [4.69, 9.17) is 27.3 Å². The van der Waals surface area contributed by atoms with Crippen molar-refractivity contribution in [3.63, 3.8) is 0 Å². The summed E-state index contributed by atoms with van der Waals surface area (Å²) in [7, 11) is 0. The number of nitrogen functional groups attached to an aromatic ring is 1. The van der Waals surface area contributed by atoms with Gasteiger partial charge in [0.15, 0.2) is 11.3 Å². The molecule has 2 heterocycles. The molecule has 38 heavy (non-hydrogen) atoms. The number of nitrogens with zero attached hydrogens (tertiary/aromatic N) is 2. The Bertz CT molecular complexity index is 995. The van der Waals surface area contributed by atoms with Gasteiger partial charge in [-0.15, -0.1) is 0 Å². The lowest BCUT2D eigenvalue weighted by Gasteiger charge is -2.49. The van der Waals surface area contributed by atoms with E-state index in [0.29, 0.717) is 30.6 Å². The number of amides is 1. The fraction of sp³-hybridized carbons (Fsp3) is 0.615. The number of esters is 1. The van der Waals surface area contributed by atoms with E-state index in [0.717, 1.165) is 6.42 Å². The average Bonchev–Trinajstić information content (AvgIpc) is 2.76. The summed E-state index contributed by atoms with van der Waals surface area (Å²) in [5, 5.41) is 17.1. The van der Waals surface area contributed by atoms with Gasteiger partial charge in [-0.3, -0.25) is 29.7 Å². The molecule has 1 saturated heterocycles. The third-order valence-electron chi connectivity index (χ3n) is 5.93. The van der Waals surface area contributed by atoms with Crippen molar-refractivity contribution in [3.05, 3.63) is 29.6 Å². The standard InChI is InChI=1S/C19H34N2O5.C7H8N4O/c1-17(2,3)10-13-8-7-9-21(12-15(23)26-18(4,5)6)19(13,16(24)25)14(22)11-20;8-6(9)5-2-1-4(3-11-5)7(10)12/h13H,7-12,20H2,1-6H3,(H,24,25);1-3H,(H3,8,9)(H2,10,12). The summed E-state index contributed by atoms with van der Waals surface area (Å²) < 4.78 is 5.35. The van der Waals surface area contributed by atoms with Gasteiger partial charge in [-0.2, -0.15) is 0 Å². The number of piperidine rings is 1. The summed E-state index contributed by atoms with van der Waals surface area (Å²) >= 11 is 0. The fourth-order valence-corrected chi connectivity index (χ4v) is 4.58. The molecule has 12 nitrogen and oxygen atoms in total. The van der Waals surface area contributed by atoms with Crippen molar-refractivity contribution in [2.75, 3.05) is 19.6 Å². The van der Waals surface area contributed by atoms with Gasteiger partial charge in [-0.1, -0.05) is 20.8 Å². The van der Waals surface area contributed by atoms with Gasteiger partial charge < -0.3 is 27.0 Å². The molecule has 0 spiro atoms. The highest BCUT2D eigenvalue weighted by molar-refractivity contribution is 6.09. The number of likely N-dealkylation sites (tertiary alicyclic amines) is 1. The zero-order valence-corrected chi connectivity index (χ0v) is 23.2. The number of rotatable bonds is 8. The molecule has 0 aliphatic carbocycles. The van der Waals surface area contributed by atoms with Crippen LogP contribution >= 0.6 is 0 Å². The molecule has 0 aromatic carbocycles. The number of aromatic nitrogens is 1. The smallest absolute Gasteiger partial charge is 0.332 e. The zero-order chi connectivity index (χ0) is 29.5. The lowest BCUT2D eigenvalue weighted by atomic mass is 9.67. The van der Waals surface area contributed by atoms with E-state index in [2.05, 4.69) is 4.98 Å². The van der Waals surface area contributed by atoms with E-state index in [1.165, 1.54) is 23.2 Å². The van der Waals surface area contributed by atoms with Crippen LogP contribution in [0.25, 0.3) is 0 Å². The predicted octanol–water partition coefficient (Wildman–Crippen LogP) is 1.29. The Labute approximate surface area is 223 Å². The monoisotopic (exact) mass is 534 g/mol. The Kier molecular flexibility index (Phi) is 11.1. The Hall–Kier alpha value is -3.38. The average molecular weight is 535 g/mol. The number of hydrogen-bond acceptors (Lipinski definition) is 9. The molecular formula is C26H42N6O6. The molecule has 1 aliphatic heterocycles. The predicted molar refractivity (Wildman–Crippen MR) is 142 cm³/mol. The second-order valence-electron chi connectivity index (χ2n) is 11.5. The number of amidine groups is 1. The number of aliphatic carboxylic acids is 1. The van der Waals surface area contributed by atoms with Gasteiger partial charge in [0, 0.05) is 12.7 Å². The van der Waals surface area contributed by atoms with Crippen LogP contribution in [0.4, 0.5) is 0 Å². The lowest BCUT2D eigenvalue weighted by molar-refractivity contribution is -0.172. The second-order valence-corrected chi connectivity index (χ2v) is 11.5. The zero-order valence-electron chi connectivity index (χ0n) is 23.2. The van der Waals surface area contributed by atoms with E-state index in [1.54, 1.807) is 20.8 Å². The summed E-state index contributed by atoms with van der Waals surface area (Å²) in [6, 6.07) is 2.95. The van der Waals surface area contributed by atoms with Gasteiger partial charge in [-0.25, -0.2) is 4.79 Å². The van der Waals surface area contributed by atoms with Crippen molar-refractivity contribution >= 4 is 29.5 Å². The molecule has 1 aromatic rings. The molecule has 0 radical (unpaired) electrons. The molecule has 2 rings (SSSR count). The number of carbonyl (C=O) groups is 4. The second kappa shape index (κ2) is 12.9. The molecule has 212 valence electrons. The highest BCUT2D eigenvalue weighted by Gasteiger charge is 2.58. The number of ketones is 1. The third kappa shape index (κ3) is 8.88. The van der Waals surface area contributed by atoms with E-state index in [9.17, 15) is 24.3 Å². The summed E-state index contributed by atoms with van der Waals surface area (Å²) in [5.74, 6) is -3.41. The number of carboxylic acids is 1. The van der Waals surface area contributed by atoms with Crippen molar-refractivity contribution in [2.24, 2.45) is 28.5 Å². The summed E-state index contributed by atoms with van der Waals surface area (Å²) in [5.41, 5.74) is 13.7. The molecule has 1 aliphatic rings. The first-order chi connectivity index (χ1) is 17.3. The number of nitrogens with two attached hydrogens (primary N) is 3. The van der Waals surface area contributed by atoms with E-state index in [-0.39, 0.29) is 24.3 Å². The van der Waals surface area contributed by atoms with Crippen molar-refractivity contribution < 1.29 is 29.0 Å². The third-order valence-corrected chi connectivity index (χ3v) is 5.93. The topological polar surface area (TPSA) is 216 Å². The van der Waals surface area contributed by atoms with Crippen LogP contribution in [-0.4, -0.2) is 75.2 Å². The molecule has 1 amide bonds. The van der Waals surface area contributed by atoms with E-state index in [1.807, 2.05) is 20.8 Å². The Morgan fingerprint density at radius 3 is 2.16 bits per heavy atom. The summed E-state index contributed by atoms with van der Waals surface area (Å²) in [4.78, 5) is 53.3. The van der Waals surface area contributed by atoms with Crippen LogP contribution in [0.1, 0.15) is 76.9 Å². The maximum atomic E-state index is 12.8. The molecule has 1 fully saturated rings. The van der Waals surface area contributed by atoms with E-state index >= 15 is 0 Å². The summed E-state index contributed by atoms with van der Waals surface area (Å²) in [6.45, 7) is 11.0. The Morgan fingerprint density at radius 1 is 1.16 bits per heavy atom. The first-order valence-electron chi connectivity index (χ1n) is 12.4. The molecule has 2 atom stereocenters. The number of carbonyl (C=O) groups excluding carboxylic acids is 3. The maximum absolute atomic E-state index is 12.8. The lowest BCUT2D eigenvalue weighted by Crippen LogP contribution is -2.69. The van der Waals surface area contributed by atoms with Gasteiger partial charge >= 0.3 is 11.9 Å². The highest BCUT2D eigenvalue weighted by Crippen LogP contribution is 2.41. The van der Waals surface area contributed by atoms with E-state index < -0.39 is 40.7 Å². The normalized spacial score (nSPS) is 20.0. The molecule has 2 unspecified atom stereocenters. The van der Waals surface area contributed by atoms with Gasteiger partial charge in [0.25, 0.3) is 0 Å². The minimum Gasteiger partial charge on any atom is -0.480 e. The van der Waals surface area contributed by atoms with Crippen molar-refractivity contribution in [1.82, 2.24) is 9.88 Å². The SMILES string of the molecule is CC(C)(C)CC1CCCN(CC(=O)OC(C)(C)C)C1(C(=O)O)C(=O)CN.N=C(N)c1ccc(C(N)=O)cn1. The van der Waals surface area contributed by atoms with Crippen LogP contribution in [0.2, 0.25) is 0 Å². The van der Waals surface area contributed by atoms with Crippen LogP contribution in [0.3, 0.4) is 0 Å². The molecule has 8 N–H and O–H groups in total. The van der Waals surface area contributed by atoms with Crippen molar-refractivity contribution in [1.29, 1.82) is 5.41 Å². The van der Waals surface area contributed by atoms with Gasteiger partial charge in [0.2, 0.25) is 5.91 Å². The van der Waals surface area contributed by atoms with Crippen molar-refractivity contribution in [2.45, 2.75) is 71.9 Å². The van der Waals surface area contributed by atoms with Gasteiger partial charge in [-0.05, 0) is 63.5 Å². The van der Waals surface area contributed by atoms with Crippen LogP contribution in [-0.2, 0) is 19.1 Å². The van der Waals surface area contributed by atoms with Crippen molar-refractivity contribution in [3.8, 4) is 0 Å². The number of carboxylic acid groups (broad SMARTS) is 1. The number of nitrogens with one attached hydrogen (secondary N) is 1. The van der Waals surface area contributed by atoms with Gasteiger partial charge in [0.1, 0.15) is 17.1 Å². The quantitative estimate of drug-likeness (QED) is 0.139. The Balaban J connectivity index is 0.000000499. The maximum Gasteiger partial charge on any atom is 0.332 e. The molecule has 0 bridgehead atoms. The van der Waals surface area contributed by atoms with Crippen LogP contribution in [0.15, 0.2) is 18.3 Å². The number of hydrogen-bond donors (Lipinski definition) is 5. The highest BCUT2D eigenvalue weighted by atomic mass is 16.6. The Morgan fingerprint density at radius 2 is 1.76 bits per heavy atom. The minimum atomic E-state index is -1.78. The fourth-order valence-electron chi connectivity index (χ4n) is 4.58. The molecular weight excluding hydrogens is 492 g/mol. The molecule has 1 aromatic heterocycles. The molecule has 0 saturated carbocycles. The minimum absolute atomic E-state index is 0.133. The number of primary amides is 1. The number of ether oxygens (including phenoxy) is 1. The van der Waals surface area contributed by atoms with Gasteiger partial charge in [0.05, 0.1) is 18.7 Å². The van der Waals surface area contributed by atoms with Crippen LogP contribution < -0.4 is 17.2 Å². The first kappa shape index (κ1) is 32.6. The molecule has 12 heteroatoms. The number of pyridine rings is 1. The first-order valence-corrected chi connectivity index (χ1v) is 12.4. The van der Waals surface area contributed by atoms with Crippen LogP contribution in [0.5, 0.6) is 0 Å². The largest absolute Gasteiger partial charge is 0.480 e. The summed E-state index contributed by atoms with van der Waals surface area (Å²) in [6.07, 6.45) is 3.17. The van der Waals surface area contributed by atoms with Crippen LogP contribution in [0, 0.1) is 16.7 Å².